The molecule has 0 fully saturated rings. The normalized spacial score (nSPS) is 11.6. The number of rotatable bonds is 5. The summed E-state index contributed by atoms with van der Waals surface area (Å²) in [6.45, 7) is 5.65. The van der Waals surface area contributed by atoms with Crippen molar-refractivity contribution in [2.45, 2.75) is 19.4 Å². The van der Waals surface area contributed by atoms with Crippen molar-refractivity contribution < 1.29 is 9.53 Å². The Morgan fingerprint density at radius 2 is 2.44 bits per heavy atom. The standard InChI is InChI=1S/C11H15N3O2/c1-4-5-8(2)13-10-7-12-6-9(14-10)11(15)16-3/h4,6-8H,1,5H2,2-3H3,(H,13,14). The number of hydrogen-bond acceptors (Lipinski definition) is 5. The fourth-order valence-corrected chi connectivity index (χ4v) is 1.20. The molecule has 1 N–H and O–H groups in total. The molecule has 1 aromatic rings. The highest BCUT2D eigenvalue weighted by atomic mass is 16.5. The summed E-state index contributed by atoms with van der Waals surface area (Å²) in [5, 5.41) is 3.11. The van der Waals surface area contributed by atoms with Gasteiger partial charge in [0.15, 0.2) is 5.69 Å². The van der Waals surface area contributed by atoms with E-state index in [0.29, 0.717) is 5.82 Å². The Labute approximate surface area is 94.6 Å². The second-order valence-electron chi connectivity index (χ2n) is 3.35. The van der Waals surface area contributed by atoms with Crippen LogP contribution in [0.5, 0.6) is 0 Å². The third-order valence-electron chi connectivity index (χ3n) is 1.94. The first-order valence-corrected chi connectivity index (χ1v) is 4.95. The van der Waals surface area contributed by atoms with Crippen molar-refractivity contribution in [1.82, 2.24) is 9.97 Å². The minimum atomic E-state index is -0.493. The largest absolute Gasteiger partial charge is 0.464 e. The molecule has 5 heteroatoms. The first kappa shape index (κ1) is 12.2. The zero-order chi connectivity index (χ0) is 12.0. The minimum absolute atomic E-state index is 0.193. The van der Waals surface area contributed by atoms with Gasteiger partial charge in [-0.05, 0) is 13.3 Å². The van der Waals surface area contributed by atoms with Gasteiger partial charge in [-0.1, -0.05) is 6.08 Å². The monoisotopic (exact) mass is 221 g/mol. The van der Waals surface area contributed by atoms with E-state index in [4.69, 9.17) is 0 Å². The molecule has 0 radical (unpaired) electrons. The Morgan fingerprint density at radius 1 is 1.69 bits per heavy atom. The SMILES string of the molecule is C=CCC(C)Nc1cncc(C(=O)OC)n1. The molecule has 0 aliphatic carbocycles. The number of carbonyl (C=O) groups excluding carboxylic acids is 1. The van der Waals surface area contributed by atoms with Gasteiger partial charge in [-0.15, -0.1) is 6.58 Å². The number of methoxy groups -OCH3 is 1. The van der Waals surface area contributed by atoms with Gasteiger partial charge in [0.2, 0.25) is 0 Å². The maximum absolute atomic E-state index is 11.2. The molecule has 1 heterocycles. The predicted molar refractivity (Wildman–Crippen MR) is 61.3 cm³/mol. The summed E-state index contributed by atoms with van der Waals surface area (Å²) in [6.07, 6.45) is 5.56. The van der Waals surface area contributed by atoms with E-state index in [1.807, 2.05) is 13.0 Å². The topological polar surface area (TPSA) is 64.1 Å². The molecule has 5 nitrogen and oxygen atoms in total. The van der Waals surface area contributed by atoms with E-state index in [2.05, 4.69) is 26.6 Å². The summed E-state index contributed by atoms with van der Waals surface area (Å²) < 4.78 is 4.56. The van der Waals surface area contributed by atoms with Gasteiger partial charge in [-0.25, -0.2) is 9.78 Å². The molecular weight excluding hydrogens is 206 g/mol. The summed E-state index contributed by atoms with van der Waals surface area (Å²) in [5.74, 6) is 0.0600. The van der Waals surface area contributed by atoms with Crippen LogP contribution in [0, 0.1) is 0 Å². The van der Waals surface area contributed by atoms with Gasteiger partial charge in [-0.2, -0.15) is 0 Å². The van der Waals surface area contributed by atoms with Crippen LogP contribution in [0.2, 0.25) is 0 Å². The maximum atomic E-state index is 11.2. The van der Waals surface area contributed by atoms with Gasteiger partial charge < -0.3 is 10.1 Å². The zero-order valence-electron chi connectivity index (χ0n) is 9.43. The number of carbonyl (C=O) groups is 1. The van der Waals surface area contributed by atoms with E-state index in [1.54, 1.807) is 6.20 Å². The Kier molecular flexibility index (Phi) is 4.44. The summed E-state index contributed by atoms with van der Waals surface area (Å²) in [7, 11) is 1.31. The minimum Gasteiger partial charge on any atom is -0.464 e. The molecule has 1 rings (SSSR count). The molecule has 0 spiro atoms. The number of nitrogens with one attached hydrogen (secondary N) is 1. The van der Waals surface area contributed by atoms with Crippen molar-refractivity contribution >= 4 is 11.8 Å². The lowest BCUT2D eigenvalue weighted by atomic mass is 10.2. The van der Waals surface area contributed by atoms with E-state index < -0.39 is 5.97 Å². The molecule has 0 aliphatic rings. The Hall–Kier alpha value is -1.91. The molecule has 16 heavy (non-hydrogen) atoms. The summed E-state index contributed by atoms with van der Waals surface area (Å²) in [5.41, 5.74) is 0.193. The maximum Gasteiger partial charge on any atom is 0.358 e. The Bertz CT molecular complexity index is 379. The molecule has 1 unspecified atom stereocenters. The highest BCUT2D eigenvalue weighted by molar-refractivity contribution is 5.87. The first-order chi connectivity index (χ1) is 7.67. The summed E-state index contributed by atoms with van der Waals surface area (Å²) in [6, 6.07) is 0.194. The van der Waals surface area contributed by atoms with Gasteiger partial charge >= 0.3 is 5.97 Å². The lowest BCUT2D eigenvalue weighted by molar-refractivity contribution is 0.0593. The number of aromatic nitrogens is 2. The number of anilines is 1. The number of nitrogens with zero attached hydrogens (tertiary/aromatic N) is 2. The molecule has 0 aromatic carbocycles. The smallest absolute Gasteiger partial charge is 0.358 e. The highest BCUT2D eigenvalue weighted by Gasteiger charge is 2.09. The van der Waals surface area contributed by atoms with Crippen LogP contribution in [0.4, 0.5) is 5.82 Å². The zero-order valence-corrected chi connectivity index (χ0v) is 9.43. The van der Waals surface area contributed by atoms with Crippen LogP contribution >= 0.6 is 0 Å². The van der Waals surface area contributed by atoms with Crippen molar-refractivity contribution in [2.24, 2.45) is 0 Å². The lowest BCUT2D eigenvalue weighted by Gasteiger charge is -2.12. The average molecular weight is 221 g/mol. The van der Waals surface area contributed by atoms with Crippen molar-refractivity contribution in [1.29, 1.82) is 0 Å². The predicted octanol–water partition coefficient (Wildman–Crippen LogP) is 1.64. The van der Waals surface area contributed by atoms with Gasteiger partial charge in [-0.3, -0.25) is 4.98 Å². The van der Waals surface area contributed by atoms with Crippen LogP contribution in [0.25, 0.3) is 0 Å². The molecule has 0 saturated heterocycles. The second kappa shape index (κ2) is 5.85. The van der Waals surface area contributed by atoms with Gasteiger partial charge in [0, 0.05) is 6.04 Å². The van der Waals surface area contributed by atoms with Gasteiger partial charge in [0.1, 0.15) is 5.82 Å². The lowest BCUT2D eigenvalue weighted by Crippen LogP contribution is -2.16. The molecular formula is C11H15N3O2. The van der Waals surface area contributed by atoms with E-state index in [9.17, 15) is 4.79 Å². The van der Waals surface area contributed by atoms with E-state index in [-0.39, 0.29) is 11.7 Å². The molecule has 1 atom stereocenters. The van der Waals surface area contributed by atoms with Crippen LogP contribution in [0.15, 0.2) is 25.0 Å². The van der Waals surface area contributed by atoms with Crippen molar-refractivity contribution in [3.05, 3.63) is 30.7 Å². The van der Waals surface area contributed by atoms with E-state index in [1.165, 1.54) is 13.3 Å². The fourth-order valence-electron chi connectivity index (χ4n) is 1.20. The van der Waals surface area contributed by atoms with E-state index in [0.717, 1.165) is 6.42 Å². The quantitative estimate of drug-likeness (QED) is 0.605. The molecule has 0 amide bonds. The fraction of sp³-hybridized carbons (Fsp3) is 0.364. The number of esters is 1. The molecule has 0 bridgehead atoms. The van der Waals surface area contributed by atoms with Gasteiger partial charge in [0.05, 0.1) is 19.5 Å². The second-order valence-corrected chi connectivity index (χ2v) is 3.35. The third kappa shape index (κ3) is 3.34. The highest BCUT2D eigenvalue weighted by Crippen LogP contribution is 2.06. The molecule has 0 saturated carbocycles. The third-order valence-corrected chi connectivity index (χ3v) is 1.94. The van der Waals surface area contributed by atoms with Gasteiger partial charge in [0.25, 0.3) is 0 Å². The van der Waals surface area contributed by atoms with E-state index >= 15 is 0 Å². The van der Waals surface area contributed by atoms with Crippen molar-refractivity contribution in [3.63, 3.8) is 0 Å². The van der Waals surface area contributed by atoms with Crippen molar-refractivity contribution in [3.8, 4) is 0 Å². The summed E-state index contributed by atoms with van der Waals surface area (Å²) >= 11 is 0. The molecule has 1 aromatic heterocycles. The van der Waals surface area contributed by atoms with Crippen LogP contribution in [0.1, 0.15) is 23.8 Å². The molecule has 86 valence electrons. The first-order valence-electron chi connectivity index (χ1n) is 4.95. The average Bonchev–Trinajstić information content (AvgIpc) is 2.28. The van der Waals surface area contributed by atoms with Crippen LogP contribution in [-0.2, 0) is 4.74 Å². The molecule has 0 aliphatic heterocycles. The van der Waals surface area contributed by atoms with Crippen LogP contribution < -0.4 is 5.32 Å². The Balaban J connectivity index is 2.74. The number of ether oxygens (including phenoxy) is 1. The van der Waals surface area contributed by atoms with Crippen LogP contribution in [-0.4, -0.2) is 29.1 Å². The Morgan fingerprint density at radius 3 is 3.06 bits per heavy atom. The number of hydrogen-bond donors (Lipinski definition) is 1. The van der Waals surface area contributed by atoms with Crippen molar-refractivity contribution in [2.75, 3.05) is 12.4 Å². The summed E-state index contributed by atoms with van der Waals surface area (Å²) in [4.78, 5) is 19.2. The van der Waals surface area contributed by atoms with Crippen LogP contribution in [0.3, 0.4) is 0 Å².